The first-order valence-electron chi connectivity index (χ1n) is 14.9. The summed E-state index contributed by atoms with van der Waals surface area (Å²) in [5.74, 6) is 1.30. The van der Waals surface area contributed by atoms with Crippen LogP contribution in [0.1, 0.15) is 57.4 Å². The minimum absolute atomic E-state index is 0.114. The Labute approximate surface area is 293 Å². The Kier molecular flexibility index (Phi) is 11.1. The molecule has 2 heterocycles. The molecule has 0 bridgehead atoms. The van der Waals surface area contributed by atoms with Gasteiger partial charge in [-0.25, -0.2) is 9.79 Å². The number of aromatic nitrogens is 1. The summed E-state index contributed by atoms with van der Waals surface area (Å²) < 4.78 is 27.7. The molecule has 0 spiro atoms. The Bertz CT molecular complexity index is 1970. The fourth-order valence-electron chi connectivity index (χ4n) is 5.12. The molecule has 46 heavy (non-hydrogen) atoms. The summed E-state index contributed by atoms with van der Waals surface area (Å²) in [6.07, 6.45) is 1.71. The number of carbonyl (C=O) groups is 1. The summed E-state index contributed by atoms with van der Waals surface area (Å²) in [6.45, 7) is 10.3. The van der Waals surface area contributed by atoms with Crippen LogP contribution in [0.4, 0.5) is 0 Å². The molecule has 0 saturated carbocycles. The predicted molar refractivity (Wildman–Crippen MR) is 191 cm³/mol. The molecule has 0 N–H and O–H groups in total. The molecule has 5 rings (SSSR count). The number of nitrogens with zero attached hydrogens (tertiary/aromatic N) is 2. The first-order chi connectivity index (χ1) is 22.1. The number of carbonyl (C=O) groups excluding carboxylic acids is 1. The molecule has 4 aromatic rings. The van der Waals surface area contributed by atoms with E-state index in [-0.39, 0.29) is 18.3 Å². The number of thiazole rings is 1. The van der Waals surface area contributed by atoms with E-state index in [0.29, 0.717) is 56.6 Å². The number of para-hydroxylation sites is 1. The highest BCUT2D eigenvalue weighted by atomic mass is 127. The van der Waals surface area contributed by atoms with E-state index in [1.165, 1.54) is 11.3 Å². The number of rotatable bonds is 11. The SMILES string of the molecule is CCOC(=O)C1=C(C)N=c2s/c(=C/c3cc(I)c(OCc4ccc(Br)cc4)c(OCC)c3)c(=O)n2[C@@H]1c1ccccc1OC(C)C. The highest BCUT2D eigenvalue weighted by Crippen LogP contribution is 2.37. The van der Waals surface area contributed by atoms with Gasteiger partial charge in [0.05, 0.1) is 38.7 Å². The Hall–Kier alpha value is -3.42. The monoisotopic (exact) mass is 816 g/mol. The Morgan fingerprint density at radius 2 is 1.80 bits per heavy atom. The zero-order chi connectivity index (χ0) is 33.0. The van der Waals surface area contributed by atoms with E-state index in [9.17, 15) is 9.59 Å². The van der Waals surface area contributed by atoms with Crippen LogP contribution in [-0.2, 0) is 16.1 Å². The molecular formula is C35H34BrIN2O6S. The second-order valence-electron chi connectivity index (χ2n) is 10.7. The van der Waals surface area contributed by atoms with Crippen LogP contribution in [-0.4, -0.2) is 29.9 Å². The molecule has 11 heteroatoms. The lowest BCUT2D eigenvalue weighted by molar-refractivity contribution is -0.139. The first kappa shape index (κ1) is 33.9. The average Bonchev–Trinajstić information content (AvgIpc) is 3.31. The van der Waals surface area contributed by atoms with Gasteiger partial charge in [0.15, 0.2) is 16.3 Å². The number of allylic oxidation sites excluding steroid dienone is 1. The highest BCUT2D eigenvalue weighted by molar-refractivity contribution is 14.1. The Balaban J connectivity index is 1.61. The fraction of sp³-hybridized carbons (Fsp3) is 0.286. The summed E-state index contributed by atoms with van der Waals surface area (Å²) in [4.78, 5) is 32.8. The average molecular weight is 818 g/mol. The molecule has 0 amide bonds. The summed E-state index contributed by atoms with van der Waals surface area (Å²) in [5, 5.41) is 0. The molecule has 0 aliphatic carbocycles. The van der Waals surface area contributed by atoms with Gasteiger partial charge in [-0.05, 0) is 105 Å². The maximum Gasteiger partial charge on any atom is 0.338 e. The van der Waals surface area contributed by atoms with Crippen LogP contribution in [0.2, 0.25) is 0 Å². The molecule has 0 fully saturated rings. The van der Waals surface area contributed by atoms with Gasteiger partial charge in [0.25, 0.3) is 5.56 Å². The van der Waals surface area contributed by atoms with E-state index in [2.05, 4.69) is 38.5 Å². The number of halogens is 2. The summed E-state index contributed by atoms with van der Waals surface area (Å²) >= 11 is 6.96. The van der Waals surface area contributed by atoms with Gasteiger partial charge in [-0.1, -0.05) is 57.6 Å². The van der Waals surface area contributed by atoms with Crippen molar-refractivity contribution in [2.75, 3.05) is 13.2 Å². The third-order valence-corrected chi connectivity index (χ3v) is 9.33. The molecule has 1 aliphatic heterocycles. The minimum atomic E-state index is -0.777. The summed E-state index contributed by atoms with van der Waals surface area (Å²) in [7, 11) is 0. The lowest BCUT2D eigenvalue weighted by Gasteiger charge is -2.26. The zero-order valence-corrected chi connectivity index (χ0v) is 30.7. The van der Waals surface area contributed by atoms with E-state index >= 15 is 0 Å². The summed E-state index contributed by atoms with van der Waals surface area (Å²) in [5.41, 5.74) is 3.01. The minimum Gasteiger partial charge on any atom is -0.491 e. The smallest absolute Gasteiger partial charge is 0.338 e. The molecule has 1 atom stereocenters. The first-order valence-corrected chi connectivity index (χ1v) is 17.6. The zero-order valence-electron chi connectivity index (χ0n) is 26.1. The predicted octanol–water partition coefficient (Wildman–Crippen LogP) is 6.93. The molecule has 1 aromatic heterocycles. The summed E-state index contributed by atoms with van der Waals surface area (Å²) in [6, 6.07) is 18.5. The van der Waals surface area contributed by atoms with Crippen molar-refractivity contribution in [3.63, 3.8) is 0 Å². The maximum atomic E-state index is 14.2. The third kappa shape index (κ3) is 7.42. The quantitative estimate of drug-likeness (QED) is 0.121. The van der Waals surface area contributed by atoms with Crippen molar-refractivity contribution in [1.82, 2.24) is 4.57 Å². The van der Waals surface area contributed by atoms with Gasteiger partial charge in [-0.15, -0.1) is 0 Å². The Morgan fingerprint density at radius 3 is 2.50 bits per heavy atom. The Morgan fingerprint density at radius 1 is 1.07 bits per heavy atom. The lowest BCUT2D eigenvalue weighted by atomic mass is 9.95. The topological polar surface area (TPSA) is 88.4 Å². The number of benzene rings is 3. The van der Waals surface area contributed by atoms with Crippen LogP contribution in [0.5, 0.6) is 17.2 Å². The van der Waals surface area contributed by atoms with Crippen molar-refractivity contribution in [3.8, 4) is 17.2 Å². The standard InChI is InChI=1S/C35H34BrIN2O6S/c1-6-42-28-17-23(16-26(37)32(28)44-19-22-12-14-24(36)15-13-22)18-29-33(40)39-31(25-10-8-9-11-27(25)45-20(3)4)30(34(41)43-7-2)21(5)38-35(39)46-29/h8-18,20,31H,6-7,19H2,1-5H3/b29-18+/t31-/m1/s1. The third-order valence-electron chi connectivity index (χ3n) is 7.02. The van der Waals surface area contributed by atoms with Crippen molar-refractivity contribution in [1.29, 1.82) is 0 Å². The molecule has 3 aromatic carbocycles. The number of ether oxygens (including phenoxy) is 4. The van der Waals surface area contributed by atoms with Crippen LogP contribution >= 0.6 is 49.9 Å². The van der Waals surface area contributed by atoms with E-state index in [1.807, 2.05) is 87.5 Å². The van der Waals surface area contributed by atoms with Crippen molar-refractivity contribution in [3.05, 3.63) is 116 Å². The van der Waals surface area contributed by atoms with Gasteiger partial charge in [-0.2, -0.15) is 0 Å². The van der Waals surface area contributed by atoms with Gasteiger partial charge >= 0.3 is 5.97 Å². The van der Waals surface area contributed by atoms with E-state index in [1.54, 1.807) is 18.4 Å². The van der Waals surface area contributed by atoms with Gasteiger partial charge < -0.3 is 18.9 Å². The van der Waals surface area contributed by atoms with Gasteiger partial charge in [-0.3, -0.25) is 9.36 Å². The van der Waals surface area contributed by atoms with Gasteiger partial charge in [0.2, 0.25) is 0 Å². The van der Waals surface area contributed by atoms with Crippen molar-refractivity contribution >= 4 is 61.9 Å². The second kappa shape index (κ2) is 15.0. The molecule has 240 valence electrons. The largest absolute Gasteiger partial charge is 0.491 e. The molecular weight excluding hydrogens is 783 g/mol. The maximum absolute atomic E-state index is 14.2. The van der Waals surface area contributed by atoms with Crippen molar-refractivity contribution < 1.29 is 23.7 Å². The van der Waals surface area contributed by atoms with Crippen LogP contribution < -0.4 is 29.1 Å². The molecule has 0 radical (unpaired) electrons. The van der Waals surface area contributed by atoms with Crippen molar-refractivity contribution in [2.24, 2.45) is 4.99 Å². The molecule has 0 saturated heterocycles. The van der Waals surface area contributed by atoms with Gasteiger partial charge in [0.1, 0.15) is 18.4 Å². The van der Waals surface area contributed by atoms with Crippen LogP contribution in [0.3, 0.4) is 0 Å². The normalized spacial score (nSPS) is 14.6. The number of hydrogen-bond donors (Lipinski definition) is 0. The molecule has 1 aliphatic rings. The van der Waals surface area contributed by atoms with Crippen LogP contribution in [0.25, 0.3) is 6.08 Å². The van der Waals surface area contributed by atoms with E-state index in [4.69, 9.17) is 23.9 Å². The van der Waals surface area contributed by atoms with Crippen LogP contribution in [0.15, 0.2) is 86.2 Å². The van der Waals surface area contributed by atoms with Crippen LogP contribution in [0, 0.1) is 3.57 Å². The number of hydrogen-bond acceptors (Lipinski definition) is 8. The molecule has 8 nitrogen and oxygen atoms in total. The number of fused-ring (bicyclic) bond motifs is 1. The van der Waals surface area contributed by atoms with Crippen molar-refractivity contribution in [2.45, 2.75) is 53.4 Å². The van der Waals surface area contributed by atoms with Gasteiger partial charge in [0, 0.05) is 10.0 Å². The van der Waals surface area contributed by atoms with E-state index in [0.717, 1.165) is 19.2 Å². The van der Waals surface area contributed by atoms with E-state index < -0.39 is 12.0 Å². The lowest BCUT2D eigenvalue weighted by Crippen LogP contribution is -2.40. The highest BCUT2D eigenvalue weighted by Gasteiger charge is 2.35. The number of esters is 1. The second-order valence-corrected chi connectivity index (χ2v) is 13.8. The fourth-order valence-corrected chi connectivity index (χ4v) is 7.21. The molecule has 0 unspecified atom stereocenters.